The lowest BCUT2D eigenvalue weighted by Gasteiger charge is -2.24. The van der Waals surface area contributed by atoms with Crippen LogP contribution in [-0.4, -0.2) is 17.7 Å². The lowest BCUT2D eigenvalue weighted by atomic mass is 10.1. The highest BCUT2D eigenvalue weighted by Gasteiger charge is 2.29. The number of hydrogen-bond donors (Lipinski definition) is 1. The van der Waals surface area contributed by atoms with Gasteiger partial charge in [0.05, 0.1) is 16.8 Å². The zero-order chi connectivity index (χ0) is 12.4. The first-order valence-corrected chi connectivity index (χ1v) is 6.36. The molecule has 0 heterocycles. The Kier molecular flexibility index (Phi) is 3.75. The van der Waals surface area contributed by atoms with Gasteiger partial charge in [0.15, 0.2) is 0 Å². The van der Waals surface area contributed by atoms with Crippen LogP contribution in [0, 0.1) is 0 Å². The molecule has 1 N–H and O–H groups in total. The number of benzene rings is 1. The van der Waals surface area contributed by atoms with Crippen molar-refractivity contribution >= 4 is 17.3 Å². The molecule has 1 unspecified atom stereocenters. The Morgan fingerprint density at radius 3 is 2.76 bits per heavy atom. The number of anilines is 1. The first-order valence-electron chi connectivity index (χ1n) is 5.98. The number of hydrogen-bond acceptors (Lipinski definition) is 2. The highest BCUT2D eigenvalue weighted by atomic mass is 35.5. The van der Waals surface area contributed by atoms with Crippen LogP contribution in [0.5, 0.6) is 0 Å². The fourth-order valence-corrected chi connectivity index (χ4v) is 2.28. The van der Waals surface area contributed by atoms with E-state index in [0.29, 0.717) is 11.1 Å². The molecule has 1 saturated carbocycles. The van der Waals surface area contributed by atoms with Gasteiger partial charge in [-0.2, -0.15) is 0 Å². The van der Waals surface area contributed by atoms with Crippen molar-refractivity contribution in [1.29, 1.82) is 0 Å². The Hall–Kier alpha value is -0.990. The molecule has 1 aromatic carbocycles. The van der Waals surface area contributed by atoms with E-state index in [1.54, 1.807) is 6.92 Å². The lowest BCUT2D eigenvalue weighted by molar-refractivity contribution is 0.199. The van der Waals surface area contributed by atoms with Gasteiger partial charge in [0.1, 0.15) is 0 Å². The molecule has 1 fully saturated rings. The van der Waals surface area contributed by atoms with E-state index in [9.17, 15) is 5.11 Å². The van der Waals surface area contributed by atoms with Crippen molar-refractivity contribution < 1.29 is 5.11 Å². The van der Waals surface area contributed by atoms with Gasteiger partial charge in [0.25, 0.3) is 0 Å². The SMILES string of the molecule is C=CCN(c1ccc(C(C)O)cc1Cl)C1CC1. The number of aliphatic hydroxyl groups is 1. The minimum Gasteiger partial charge on any atom is -0.389 e. The number of nitrogens with zero attached hydrogens (tertiary/aromatic N) is 1. The van der Waals surface area contributed by atoms with Crippen LogP contribution >= 0.6 is 11.6 Å². The Morgan fingerprint density at radius 2 is 2.29 bits per heavy atom. The molecule has 1 aliphatic rings. The summed E-state index contributed by atoms with van der Waals surface area (Å²) in [5.41, 5.74) is 1.89. The van der Waals surface area contributed by atoms with Crippen LogP contribution in [-0.2, 0) is 0 Å². The van der Waals surface area contributed by atoms with Crippen LogP contribution in [0.1, 0.15) is 31.4 Å². The first kappa shape index (κ1) is 12.5. The predicted molar refractivity (Wildman–Crippen MR) is 72.7 cm³/mol. The van der Waals surface area contributed by atoms with Crippen molar-refractivity contribution in [2.24, 2.45) is 0 Å². The van der Waals surface area contributed by atoms with E-state index in [2.05, 4.69) is 11.5 Å². The molecule has 0 spiro atoms. The maximum atomic E-state index is 9.51. The molecule has 17 heavy (non-hydrogen) atoms. The zero-order valence-electron chi connectivity index (χ0n) is 10.1. The third-order valence-corrected chi connectivity index (χ3v) is 3.38. The number of rotatable bonds is 5. The summed E-state index contributed by atoms with van der Waals surface area (Å²) in [5.74, 6) is 0. The van der Waals surface area contributed by atoms with Gasteiger partial charge in [0.2, 0.25) is 0 Å². The minimum atomic E-state index is -0.477. The monoisotopic (exact) mass is 251 g/mol. The minimum absolute atomic E-state index is 0.477. The summed E-state index contributed by atoms with van der Waals surface area (Å²) in [5, 5.41) is 10.2. The lowest BCUT2D eigenvalue weighted by Crippen LogP contribution is -2.25. The predicted octanol–water partition coefficient (Wildman–Crippen LogP) is 3.55. The summed E-state index contributed by atoms with van der Waals surface area (Å²) in [6.07, 6.45) is 3.87. The Balaban J connectivity index is 2.27. The second kappa shape index (κ2) is 5.11. The van der Waals surface area contributed by atoms with Gasteiger partial charge >= 0.3 is 0 Å². The zero-order valence-corrected chi connectivity index (χ0v) is 10.8. The van der Waals surface area contributed by atoms with Crippen molar-refractivity contribution in [3.8, 4) is 0 Å². The Morgan fingerprint density at radius 1 is 1.59 bits per heavy atom. The summed E-state index contributed by atoms with van der Waals surface area (Å²) in [4.78, 5) is 2.28. The summed E-state index contributed by atoms with van der Waals surface area (Å²) < 4.78 is 0. The summed E-state index contributed by atoms with van der Waals surface area (Å²) in [7, 11) is 0. The smallest absolute Gasteiger partial charge is 0.0762 e. The molecule has 1 atom stereocenters. The van der Waals surface area contributed by atoms with Crippen molar-refractivity contribution in [3.63, 3.8) is 0 Å². The van der Waals surface area contributed by atoms with E-state index in [1.165, 1.54) is 12.8 Å². The third-order valence-electron chi connectivity index (χ3n) is 3.08. The largest absolute Gasteiger partial charge is 0.389 e. The Bertz CT molecular complexity index is 413. The molecular formula is C14H18ClNO. The van der Waals surface area contributed by atoms with Gasteiger partial charge in [-0.25, -0.2) is 0 Å². The fraction of sp³-hybridized carbons (Fsp3) is 0.429. The molecule has 0 bridgehead atoms. The van der Waals surface area contributed by atoms with Gasteiger partial charge in [-0.15, -0.1) is 6.58 Å². The molecule has 0 aliphatic heterocycles. The molecule has 92 valence electrons. The molecule has 0 saturated heterocycles. The first-order chi connectivity index (χ1) is 8.13. The fourth-order valence-electron chi connectivity index (χ4n) is 1.99. The van der Waals surface area contributed by atoms with Crippen LogP contribution in [0.15, 0.2) is 30.9 Å². The standard InChI is InChI=1S/C14H18ClNO/c1-3-8-16(12-5-6-12)14-7-4-11(10(2)17)9-13(14)15/h3-4,7,9-10,12,17H,1,5-6,8H2,2H3. The highest BCUT2D eigenvalue weighted by Crippen LogP contribution is 2.36. The van der Waals surface area contributed by atoms with E-state index in [0.717, 1.165) is 17.8 Å². The quantitative estimate of drug-likeness (QED) is 0.809. The van der Waals surface area contributed by atoms with Crippen LogP contribution in [0.25, 0.3) is 0 Å². The molecule has 2 nitrogen and oxygen atoms in total. The molecular weight excluding hydrogens is 234 g/mol. The van der Waals surface area contributed by atoms with E-state index in [-0.39, 0.29) is 0 Å². The van der Waals surface area contributed by atoms with Crippen molar-refractivity contribution in [2.75, 3.05) is 11.4 Å². The van der Waals surface area contributed by atoms with E-state index < -0.39 is 6.10 Å². The Labute approximate surface area is 108 Å². The van der Waals surface area contributed by atoms with E-state index in [1.807, 2.05) is 24.3 Å². The summed E-state index contributed by atoms with van der Waals surface area (Å²) >= 11 is 6.29. The second-order valence-electron chi connectivity index (χ2n) is 4.56. The maximum Gasteiger partial charge on any atom is 0.0762 e. The molecule has 0 radical (unpaired) electrons. The number of halogens is 1. The van der Waals surface area contributed by atoms with Crippen molar-refractivity contribution in [1.82, 2.24) is 0 Å². The van der Waals surface area contributed by atoms with Crippen LogP contribution in [0.4, 0.5) is 5.69 Å². The van der Waals surface area contributed by atoms with Gasteiger partial charge < -0.3 is 10.0 Å². The number of aliphatic hydroxyl groups excluding tert-OH is 1. The van der Waals surface area contributed by atoms with Gasteiger partial charge in [0, 0.05) is 12.6 Å². The van der Waals surface area contributed by atoms with Gasteiger partial charge in [-0.3, -0.25) is 0 Å². The second-order valence-corrected chi connectivity index (χ2v) is 4.97. The van der Waals surface area contributed by atoms with Gasteiger partial charge in [-0.05, 0) is 37.5 Å². The van der Waals surface area contributed by atoms with Crippen molar-refractivity contribution in [2.45, 2.75) is 31.9 Å². The highest BCUT2D eigenvalue weighted by molar-refractivity contribution is 6.33. The summed E-state index contributed by atoms with van der Waals surface area (Å²) in [6, 6.07) is 6.37. The van der Waals surface area contributed by atoms with Crippen molar-refractivity contribution in [3.05, 3.63) is 41.4 Å². The van der Waals surface area contributed by atoms with E-state index >= 15 is 0 Å². The normalized spacial score (nSPS) is 16.6. The van der Waals surface area contributed by atoms with Crippen LogP contribution in [0.2, 0.25) is 5.02 Å². The van der Waals surface area contributed by atoms with Crippen LogP contribution in [0.3, 0.4) is 0 Å². The summed E-state index contributed by atoms with van der Waals surface area (Å²) in [6.45, 7) is 6.35. The average Bonchev–Trinajstić information content (AvgIpc) is 3.10. The van der Waals surface area contributed by atoms with Gasteiger partial charge in [-0.1, -0.05) is 23.7 Å². The molecule has 0 aromatic heterocycles. The average molecular weight is 252 g/mol. The molecule has 1 aromatic rings. The third kappa shape index (κ3) is 2.82. The maximum absolute atomic E-state index is 9.51. The molecule has 2 rings (SSSR count). The topological polar surface area (TPSA) is 23.5 Å². The van der Waals surface area contributed by atoms with E-state index in [4.69, 9.17) is 11.6 Å². The van der Waals surface area contributed by atoms with Crippen LogP contribution < -0.4 is 4.90 Å². The molecule has 0 amide bonds. The molecule has 3 heteroatoms. The molecule has 1 aliphatic carbocycles.